The zero-order valence-corrected chi connectivity index (χ0v) is 16.2. The van der Waals surface area contributed by atoms with Crippen molar-refractivity contribution in [1.82, 2.24) is 4.90 Å². The Morgan fingerprint density at radius 3 is 2.77 bits per heavy atom. The van der Waals surface area contributed by atoms with Crippen molar-refractivity contribution in [3.05, 3.63) is 53.1 Å². The van der Waals surface area contributed by atoms with E-state index in [1.165, 1.54) is 9.11 Å². The highest BCUT2D eigenvalue weighted by Crippen LogP contribution is 2.34. The van der Waals surface area contributed by atoms with Gasteiger partial charge in [-0.3, -0.25) is 9.59 Å². The van der Waals surface area contributed by atoms with Crippen molar-refractivity contribution in [1.29, 1.82) is 0 Å². The second-order valence-electron chi connectivity index (χ2n) is 5.59. The van der Waals surface area contributed by atoms with Gasteiger partial charge in [0.25, 0.3) is 5.91 Å². The number of carbonyl (C=O) groups excluding carboxylic acids is 2. The number of thioether (sulfide) groups is 1. The Hall–Kier alpha value is -2.25. The summed E-state index contributed by atoms with van der Waals surface area (Å²) in [4.78, 5) is 25.9. The van der Waals surface area contributed by atoms with Crippen LogP contribution in [0.25, 0.3) is 11.0 Å². The molecule has 2 heterocycles. The molecule has 0 saturated heterocycles. The second kappa shape index (κ2) is 8.42. The Labute approximate surface area is 159 Å². The molecule has 7 heteroatoms. The molecule has 0 aliphatic rings. The minimum absolute atomic E-state index is 0.110. The topological polar surface area (TPSA) is 59.8 Å². The van der Waals surface area contributed by atoms with E-state index in [0.717, 1.165) is 10.9 Å². The lowest BCUT2D eigenvalue weighted by Crippen LogP contribution is -2.33. The van der Waals surface area contributed by atoms with Crippen molar-refractivity contribution < 1.29 is 18.7 Å². The van der Waals surface area contributed by atoms with Crippen LogP contribution < -0.4 is 0 Å². The SMILES string of the molecule is CCOC(=O)CN(C)C(=O)c1oc2ccccc2c1CSc1cccs1. The van der Waals surface area contributed by atoms with E-state index < -0.39 is 5.97 Å². The highest BCUT2D eigenvalue weighted by molar-refractivity contribution is 8.00. The first-order chi connectivity index (χ1) is 12.6. The van der Waals surface area contributed by atoms with Gasteiger partial charge in [-0.15, -0.1) is 23.1 Å². The molecule has 136 valence electrons. The van der Waals surface area contributed by atoms with Crippen LogP contribution in [0, 0.1) is 0 Å². The zero-order valence-electron chi connectivity index (χ0n) is 14.6. The standard InChI is InChI=1S/C19H19NO4S2/c1-3-23-16(21)11-20(2)19(22)18-14(12-26-17-9-6-10-25-17)13-7-4-5-8-15(13)24-18/h4-10H,3,11-12H2,1-2H3. The zero-order chi connectivity index (χ0) is 18.5. The maximum Gasteiger partial charge on any atom is 0.325 e. The first-order valence-electron chi connectivity index (χ1n) is 8.18. The van der Waals surface area contributed by atoms with Gasteiger partial charge in [0.05, 0.1) is 10.8 Å². The molecule has 0 radical (unpaired) electrons. The molecule has 0 atom stereocenters. The number of fused-ring (bicyclic) bond motifs is 1. The lowest BCUT2D eigenvalue weighted by molar-refractivity contribution is -0.143. The number of thiophene rings is 1. The van der Waals surface area contributed by atoms with E-state index in [4.69, 9.17) is 9.15 Å². The van der Waals surface area contributed by atoms with Crippen molar-refractivity contribution in [3.63, 3.8) is 0 Å². The normalized spacial score (nSPS) is 10.8. The lowest BCUT2D eigenvalue weighted by Gasteiger charge is -2.15. The number of hydrogen-bond donors (Lipinski definition) is 0. The first kappa shape index (κ1) is 18.5. The van der Waals surface area contributed by atoms with Crippen LogP contribution in [0.15, 0.2) is 50.4 Å². The molecule has 0 saturated carbocycles. The molecule has 0 unspecified atom stereocenters. The number of rotatable bonds is 7. The van der Waals surface area contributed by atoms with E-state index in [1.807, 2.05) is 41.8 Å². The Balaban J connectivity index is 1.87. The minimum Gasteiger partial charge on any atom is -0.465 e. The molecular formula is C19H19NO4S2. The molecule has 0 bridgehead atoms. The van der Waals surface area contributed by atoms with Gasteiger partial charge in [0.1, 0.15) is 12.1 Å². The van der Waals surface area contributed by atoms with Crippen LogP contribution in [0.3, 0.4) is 0 Å². The Kier molecular flexibility index (Phi) is 6.00. The molecule has 3 aromatic rings. The molecule has 0 aliphatic carbocycles. The second-order valence-corrected chi connectivity index (χ2v) is 7.82. The van der Waals surface area contributed by atoms with Gasteiger partial charge < -0.3 is 14.1 Å². The number of likely N-dealkylation sites (N-methyl/N-ethyl adjacent to an activating group) is 1. The Bertz CT molecular complexity index is 902. The van der Waals surface area contributed by atoms with Crippen molar-refractivity contribution >= 4 is 45.9 Å². The highest BCUT2D eigenvalue weighted by atomic mass is 32.2. The summed E-state index contributed by atoms with van der Waals surface area (Å²) in [6.07, 6.45) is 0. The smallest absolute Gasteiger partial charge is 0.325 e. The maximum atomic E-state index is 12.9. The fourth-order valence-corrected chi connectivity index (χ4v) is 4.36. The van der Waals surface area contributed by atoms with Crippen LogP contribution in [-0.4, -0.2) is 37.0 Å². The summed E-state index contributed by atoms with van der Waals surface area (Å²) in [5, 5.41) is 2.94. The van der Waals surface area contributed by atoms with Crippen LogP contribution in [0.4, 0.5) is 0 Å². The summed E-state index contributed by atoms with van der Waals surface area (Å²) in [6, 6.07) is 11.6. The molecule has 2 aromatic heterocycles. The van der Waals surface area contributed by atoms with Gasteiger partial charge in [0.15, 0.2) is 5.76 Å². The highest BCUT2D eigenvalue weighted by Gasteiger charge is 2.24. The molecule has 0 fully saturated rings. The average Bonchev–Trinajstić information content (AvgIpc) is 3.26. The summed E-state index contributed by atoms with van der Waals surface area (Å²) in [7, 11) is 1.57. The van der Waals surface area contributed by atoms with Gasteiger partial charge in [-0.05, 0) is 24.4 Å². The predicted octanol–water partition coefficient (Wildman–Crippen LogP) is 4.42. The van der Waals surface area contributed by atoms with E-state index in [9.17, 15) is 9.59 Å². The van der Waals surface area contributed by atoms with Gasteiger partial charge >= 0.3 is 5.97 Å². The van der Waals surface area contributed by atoms with Gasteiger partial charge in [-0.1, -0.05) is 24.3 Å². The van der Waals surface area contributed by atoms with Gasteiger partial charge in [-0.2, -0.15) is 0 Å². The summed E-state index contributed by atoms with van der Waals surface area (Å²) < 4.78 is 11.9. The molecule has 3 rings (SSSR count). The van der Waals surface area contributed by atoms with Crippen LogP contribution in [0.5, 0.6) is 0 Å². The number of hydrogen-bond acceptors (Lipinski definition) is 6. The Morgan fingerprint density at radius 2 is 2.04 bits per heavy atom. The Morgan fingerprint density at radius 1 is 1.23 bits per heavy atom. The van der Waals surface area contributed by atoms with Gasteiger partial charge in [-0.25, -0.2) is 0 Å². The average molecular weight is 389 g/mol. The van der Waals surface area contributed by atoms with Crippen LogP contribution in [-0.2, 0) is 15.3 Å². The largest absolute Gasteiger partial charge is 0.465 e. The van der Waals surface area contributed by atoms with Crippen LogP contribution in [0.1, 0.15) is 23.0 Å². The fourth-order valence-electron chi connectivity index (χ4n) is 2.55. The molecule has 0 N–H and O–H groups in total. The van der Waals surface area contributed by atoms with Crippen molar-refractivity contribution in [2.45, 2.75) is 16.9 Å². The molecule has 1 aromatic carbocycles. The van der Waals surface area contributed by atoms with E-state index >= 15 is 0 Å². The van der Waals surface area contributed by atoms with E-state index in [-0.39, 0.29) is 24.8 Å². The molecule has 5 nitrogen and oxygen atoms in total. The molecule has 0 aliphatic heterocycles. The van der Waals surface area contributed by atoms with Crippen molar-refractivity contribution in [2.24, 2.45) is 0 Å². The lowest BCUT2D eigenvalue weighted by atomic mass is 10.1. The number of carbonyl (C=O) groups is 2. The summed E-state index contributed by atoms with van der Waals surface area (Å²) in [5.41, 5.74) is 1.52. The van der Waals surface area contributed by atoms with Crippen LogP contribution in [0.2, 0.25) is 0 Å². The third-order valence-corrected chi connectivity index (χ3v) is 5.92. The third kappa shape index (κ3) is 4.11. The number of nitrogens with zero attached hydrogens (tertiary/aromatic N) is 1. The number of benzene rings is 1. The van der Waals surface area contributed by atoms with Crippen LogP contribution >= 0.6 is 23.1 Å². The quantitative estimate of drug-likeness (QED) is 0.442. The first-order valence-corrected chi connectivity index (χ1v) is 10.0. The maximum absolute atomic E-state index is 12.9. The fraction of sp³-hybridized carbons (Fsp3) is 0.263. The van der Waals surface area contributed by atoms with E-state index in [2.05, 4.69) is 0 Å². The van der Waals surface area contributed by atoms with E-state index in [1.54, 1.807) is 37.1 Å². The number of furan rings is 1. The monoisotopic (exact) mass is 389 g/mol. The summed E-state index contributed by atoms with van der Waals surface area (Å²) in [6.45, 7) is 1.91. The number of amides is 1. The van der Waals surface area contributed by atoms with Crippen molar-refractivity contribution in [3.8, 4) is 0 Å². The summed E-state index contributed by atoms with van der Waals surface area (Å²) >= 11 is 3.32. The molecular weight excluding hydrogens is 370 g/mol. The molecule has 1 amide bonds. The number of para-hydroxylation sites is 1. The molecule has 0 spiro atoms. The number of ether oxygens (including phenoxy) is 1. The predicted molar refractivity (Wildman–Crippen MR) is 104 cm³/mol. The van der Waals surface area contributed by atoms with Crippen molar-refractivity contribution in [2.75, 3.05) is 20.2 Å². The molecule has 26 heavy (non-hydrogen) atoms. The van der Waals surface area contributed by atoms with Gasteiger partial charge in [0.2, 0.25) is 0 Å². The van der Waals surface area contributed by atoms with Gasteiger partial charge in [0, 0.05) is 23.8 Å². The summed E-state index contributed by atoms with van der Waals surface area (Å²) in [5.74, 6) is 0.137. The number of esters is 1. The third-order valence-electron chi connectivity index (χ3n) is 3.76. The van der Waals surface area contributed by atoms with E-state index in [0.29, 0.717) is 11.3 Å². The minimum atomic E-state index is -0.436.